The largest absolute Gasteiger partial charge is 0.507 e. The van der Waals surface area contributed by atoms with Gasteiger partial charge < -0.3 is 5.11 Å². The molecule has 1 aliphatic rings. The van der Waals surface area contributed by atoms with Crippen LogP contribution in [-0.4, -0.2) is 27.0 Å². The highest BCUT2D eigenvalue weighted by Crippen LogP contribution is 2.45. The standard InChI is InChI=1S/C28H21Cl2N3O3S2/c1-15-3-7-17(8-4-15)14-37-28-32-31-27(38-28)33-23(19-11-12-20(29)21(30)13-19)22(25(35)26(33)36)24(34)18-9-5-16(2)6-10-18/h3-13,23,34H,14H2,1-2H3/b24-22-. The maximum Gasteiger partial charge on any atom is 0.301 e. The van der Waals surface area contributed by atoms with Gasteiger partial charge in [-0.2, -0.15) is 0 Å². The maximum atomic E-state index is 13.4. The SMILES string of the molecule is Cc1ccc(CSc2nnc(N3C(=O)C(=O)/C(=C(\O)c4ccc(C)cc4)C3c3ccc(Cl)c(Cl)c3)s2)cc1. The van der Waals surface area contributed by atoms with Crippen LogP contribution in [0.25, 0.3) is 5.76 Å². The van der Waals surface area contributed by atoms with Gasteiger partial charge >= 0.3 is 5.91 Å². The topological polar surface area (TPSA) is 83.4 Å². The van der Waals surface area contributed by atoms with Crippen molar-refractivity contribution in [3.63, 3.8) is 0 Å². The Balaban J connectivity index is 1.55. The van der Waals surface area contributed by atoms with Crippen LogP contribution < -0.4 is 4.90 Å². The number of aliphatic hydroxyl groups excluding tert-OH is 1. The number of ketones is 1. The molecule has 0 saturated carbocycles. The number of aromatic nitrogens is 2. The molecule has 38 heavy (non-hydrogen) atoms. The van der Waals surface area contributed by atoms with Gasteiger partial charge in [-0.05, 0) is 37.1 Å². The fraction of sp³-hybridized carbons (Fsp3) is 0.143. The van der Waals surface area contributed by atoms with Crippen LogP contribution in [0.5, 0.6) is 0 Å². The van der Waals surface area contributed by atoms with Gasteiger partial charge in [-0.3, -0.25) is 14.5 Å². The molecule has 4 aromatic rings. The smallest absolute Gasteiger partial charge is 0.301 e. The van der Waals surface area contributed by atoms with E-state index in [9.17, 15) is 14.7 Å². The Labute approximate surface area is 237 Å². The molecule has 1 aliphatic heterocycles. The summed E-state index contributed by atoms with van der Waals surface area (Å²) in [4.78, 5) is 28.0. The number of aryl methyl sites for hydroxylation is 2. The third-order valence-corrected chi connectivity index (χ3v) is 8.98. The first kappa shape index (κ1) is 26.4. The zero-order valence-electron chi connectivity index (χ0n) is 20.3. The Hall–Kier alpha value is -3.17. The van der Waals surface area contributed by atoms with Crippen molar-refractivity contribution in [3.8, 4) is 0 Å². The molecule has 6 nitrogen and oxygen atoms in total. The van der Waals surface area contributed by atoms with Crippen molar-refractivity contribution in [1.82, 2.24) is 10.2 Å². The molecule has 0 radical (unpaired) electrons. The Bertz CT molecular complexity index is 1570. The summed E-state index contributed by atoms with van der Waals surface area (Å²) in [6.07, 6.45) is 0. The lowest BCUT2D eigenvalue weighted by atomic mass is 9.95. The molecule has 1 saturated heterocycles. The predicted molar refractivity (Wildman–Crippen MR) is 153 cm³/mol. The number of anilines is 1. The van der Waals surface area contributed by atoms with Gasteiger partial charge in [-0.1, -0.05) is 112 Å². The van der Waals surface area contributed by atoms with Gasteiger partial charge in [0, 0.05) is 11.3 Å². The molecule has 3 aromatic carbocycles. The van der Waals surface area contributed by atoms with Gasteiger partial charge in [-0.15, -0.1) is 10.2 Å². The maximum absolute atomic E-state index is 13.4. The molecule has 192 valence electrons. The Kier molecular flexibility index (Phi) is 7.59. The third kappa shape index (κ3) is 5.22. The quantitative estimate of drug-likeness (QED) is 0.0840. The monoisotopic (exact) mass is 581 g/mol. The average Bonchev–Trinajstić information content (AvgIpc) is 3.47. The summed E-state index contributed by atoms with van der Waals surface area (Å²) in [6, 6.07) is 19.1. The molecule has 1 N–H and O–H groups in total. The van der Waals surface area contributed by atoms with E-state index in [2.05, 4.69) is 22.3 Å². The second-order valence-corrected chi connectivity index (χ2v) is 11.8. The number of hydrogen-bond acceptors (Lipinski definition) is 7. The van der Waals surface area contributed by atoms with Crippen molar-refractivity contribution in [2.75, 3.05) is 4.90 Å². The van der Waals surface area contributed by atoms with Crippen molar-refractivity contribution in [1.29, 1.82) is 0 Å². The van der Waals surface area contributed by atoms with Crippen LogP contribution in [0.3, 0.4) is 0 Å². The summed E-state index contributed by atoms with van der Waals surface area (Å²) in [6.45, 7) is 3.95. The van der Waals surface area contributed by atoms with Gasteiger partial charge in [0.2, 0.25) is 5.13 Å². The van der Waals surface area contributed by atoms with Crippen LogP contribution >= 0.6 is 46.3 Å². The molecule has 1 amide bonds. The molecule has 1 unspecified atom stereocenters. The summed E-state index contributed by atoms with van der Waals surface area (Å²) in [5.41, 5.74) is 4.18. The van der Waals surface area contributed by atoms with Gasteiger partial charge in [0.1, 0.15) is 5.76 Å². The number of carbonyl (C=O) groups excluding carboxylic acids is 2. The third-order valence-electron chi connectivity index (χ3n) is 6.11. The molecule has 1 atom stereocenters. The lowest BCUT2D eigenvalue weighted by Gasteiger charge is -2.22. The number of Topliss-reactive ketones (excluding diaryl/α,β-unsaturated/α-hetero) is 1. The number of halogens is 2. The number of thioether (sulfide) groups is 1. The van der Waals surface area contributed by atoms with E-state index >= 15 is 0 Å². The highest BCUT2D eigenvalue weighted by atomic mass is 35.5. The van der Waals surface area contributed by atoms with Crippen LogP contribution in [0.4, 0.5) is 5.13 Å². The van der Waals surface area contributed by atoms with E-state index < -0.39 is 17.7 Å². The number of hydrogen-bond donors (Lipinski definition) is 1. The summed E-state index contributed by atoms with van der Waals surface area (Å²) in [5.74, 6) is -1.22. The molecule has 0 spiro atoms. The Morgan fingerprint density at radius 2 is 1.61 bits per heavy atom. The van der Waals surface area contributed by atoms with Crippen LogP contribution in [0.2, 0.25) is 10.0 Å². The van der Waals surface area contributed by atoms with Crippen molar-refractivity contribution in [2.24, 2.45) is 0 Å². The molecular formula is C28H21Cl2N3O3S2. The van der Waals surface area contributed by atoms with Gasteiger partial charge in [-0.25, -0.2) is 0 Å². The van der Waals surface area contributed by atoms with Crippen LogP contribution in [0, 0.1) is 13.8 Å². The first-order valence-corrected chi connectivity index (χ1v) is 14.1. The van der Waals surface area contributed by atoms with Crippen molar-refractivity contribution < 1.29 is 14.7 Å². The first-order chi connectivity index (χ1) is 18.2. The molecule has 1 fully saturated rings. The zero-order chi connectivity index (χ0) is 27.0. The number of aliphatic hydroxyl groups is 1. The first-order valence-electron chi connectivity index (χ1n) is 11.6. The molecule has 5 rings (SSSR count). The molecule has 2 heterocycles. The molecular weight excluding hydrogens is 561 g/mol. The molecule has 0 aliphatic carbocycles. The summed E-state index contributed by atoms with van der Waals surface area (Å²) < 4.78 is 0.647. The van der Waals surface area contributed by atoms with E-state index in [1.54, 1.807) is 30.3 Å². The van der Waals surface area contributed by atoms with Crippen molar-refractivity contribution in [3.05, 3.63) is 110 Å². The predicted octanol–water partition coefficient (Wildman–Crippen LogP) is 7.38. The van der Waals surface area contributed by atoms with Crippen LogP contribution in [0.15, 0.2) is 76.6 Å². The summed E-state index contributed by atoms with van der Waals surface area (Å²) >= 11 is 15.1. The van der Waals surface area contributed by atoms with E-state index in [4.69, 9.17) is 23.2 Å². The lowest BCUT2D eigenvalue weighted by Crippen LogP contribution is -2.29. The highest BCUT2D eigenvalue weighted by molar-refractivity contribution is 8.00. The minimum atomic E-state index is -0.964. The summed E-state index contributed by atoms with van der Waals surface area (Å²) in [5, 5.41) is 20.6. The van der Waals surface area contributed by atoms with E-state index in [1.807, 2.05) is 38.1 Å². The Morgan fingerprint density at radius 3 is 2.26 bits per heavy atom. The normalized spacial score (nSPS) is 16.8. The van der Waals surface area contributed by atoms with Gasteiger partial charge in [0.25, 0.3) is 5.78 Å². The lowest BCUT2D eigenvalue weighted by molar-refractivity contribution is -0.132. The minimum Gasteiger partial charge on any atom is -0.507 e. The zero-order valence-corrected chi connectivity index (χ0v) is 23.5. The fourth-order valence-electron chi connectivity index (χ4n) is 4.08. The summed E-state index contributed by atoms with van der Waals surface area (Å²) in [7, 11) is 0. The number of carbonyl (C=O) groups is 2. The number of amides is 1. The van der Waals surface area contributed by atoms with E-state index in [1.165, 1.54) is 33.6 Å². The molecule has 0 bridgehead atoms. The number of nitrogens with zero attached hydrogens (tertiary/aromatic N) is 3. The van der Waals surface area contributed by atoms with Gasteiger partial charge in [0.15, 0.2) is 4.34 Å². The van der Waals surface area contributed by atoms with E-state index in [0.717, 1.165) is 11.1 Å². The van der Waals surface area contributed by atoms with E-state index in [-0.39, 0.29) is 21.5 Å². The minimum absolute atomic E-state index is 0.0544. The molecule has 1 aromatic heterocycles. The average molecular weight is 583 g/mol. The molecule has 10 heteroatoms. The van der Waals surface area contributed by atoms with Crippen LogP contribution in [-0.2, 0) is 15.3 Å². The van der Waals surface area contributed by atoms with Crippen LogP contribution in [0.1, 0.15) is 33.9 Å². The number of rotatable bonds is 6. The fourth-order valence-corrected chi connectivity index (χ4v) is 6.21. The number of benzene rings is 3. The second-order valence-electron chi connectivity index (χ2n) is 8.83. The highest BCUT2D eigenvalue weighted by Gasteiger charge is 2.48. The van der Waals surface area contributed by atoms with Crippen molar-refractivity contribution in [2.45, 2.75) is 30.0 Å². The van der Waals surface area contributed by atoms with Gasteiger partial charge in [0.05, 0.1) is 21.7 Å². The Morgan fingerprint density at radius 1 is 0.947 bits per heavy atom. The van der Waals surface area contributed by atoms with E-state index in [0.29, 0.717) is 26.2 Å². The van der Waals surface area contributed by atoms with Crippen molar-refractivity contribution >= 4 is 68.9 Å². The second kappa shape index (κ2) is 10.9.